The number of fused-ring (bicyclic) bond motifs is 14. The molecule has 3 aliphatic rings. The maximum absolute atomic E-state index is 5.26. The van der Waals surface area contributed by atoms with Gasteiger partial charge in [-0.15, -0.1) is 24.0 Å². The summed E-state index contributed by atoms with van der Waals surface area (Å²) >= 11 is 7.17. The maximum atomic E-state index is 5.26. The van der Waals surface area contributed by atoms with Crippen LogP contribution in [0.25, 0.3) is 81.0 Å². The van der Waals surface area contributed by atoms with Crippen LogP contribution in [-0.2, 0) is 17.3 Å². The predicted molar refractivity (Wildman–Crippen MR) is 276 cm³/mol. The van der Waals surface area contributed by atoms with Crippen LogP contribution in [0.5, 0.6) is 0 Å². The van der Waals surface area contributed by atoms with Crippen molar-refractivity contribution in [3.05, 3.63) is 167 Å². The summed E-state index contributed by atoms with van der Waals surface area (Å²) in [6, 6.07) is 54.1. The minimum Gasteiger partial charge on any atom is -0.376 e. The highest BCUT2D eigenvalue weighted by Crippen LogP contribution is 2.51. The second-order valence-corrected chi connectivity index (χ2v) is 21.9. The minimum absolute atomic E-state index is 0.0442. The van der Waals surface area contributed by atoms with Crippen molar-refractivity contribution in [1.82, 2.24) is 4.57 Å². The lowest BCUT2D eigenvalue weighted by Crippen LogP contribution is -2.60. The number of anilines is 2. The Morgan fingerprint density at radius 3 is 2.06 bits per heavy atom. The number of hydrogen-bond acceptors (Lipinski definition) is 3. The van der Waals surface area contributed by atoms with Gasteiger partial charge >= 0.3 is 6.85 Å². The van der Waals surface area contributed by atoms with Crippen LogP contribution in [0.3, 0.4) is 0 Å². The molecule has 0 N–H and O–H groups in total. The molecule has 13 rings (SSSR count). The average molecular weight is 847 g/mol. The Morgan fingerprint density at radius 1 is 0.540 bits per heavy atom. The van der Waals surface area contributed by atoms with Crippen LogP contribution >= 0.6 is 24.0 Å². The molecule has 2 nitrogen and oxygen atoms in total. The van der Waals surface area contributed by atoms with E-state index in [0.717, 1.165) is 11.3 Å². The van der Waals surface area contributed by atoms with Crippen LogP contribution < -0.4 is 15.7 Å². The summed E-state index contributed by atoms with van der Waals surface area (Å²) in [6.07, 6.45) is 0.941. The van der Waals surface area contributed by atoms with Crippen LogP contribution in [0.4, 0.5) is 11.4 Å². The predicted octanol–water partition coefficient (Wildman–Crippen LogP) is 14.8. The Kier molecular flexibility index (Phi) is 7.63. The molecular formula is C58H47BN2S2. The first kappa shape index (κ1) is 37.5. The zero-order chi connectivity index (χ0) is 42.8. The van der Waals surface area contributed by atoms with Gasteiger partial charge in [0, 0.05) is 58.5 Å². The van der Waals surface area contributed by atoms with Gasteiger partial charge in [-0.3, -0.25) is 0 Å². The van der Waals surface area contributed by atoms with E-state index < -0.39 is 0 Å². The maximum Gasteiger partial charge on any atom is 0.333 e. The van der Waals surface area contributed by atoms with Gasteiger partial charge in [0.1, 0.15) is 0 Å². The van der Waals surface area contributed by atoms with E-state index in [4.69, 9.17) is 12.6 Å². The first-order valence-corrected chi connectivity index (χ1v) is 23.6. The normalized spacial score (nSPS) is 13.9. The van der Waals surface area contributed by atoms with Gasteiger partial charge in [-0.2, -0.15) is 0 Å². The lowest BCUT2D eigenvalue weighted by atomic mass is 9.44. The Hall–Kier alpha value is -6.01. The number of nitrogens with zero attached hydrogens (tertiary/aromatic N) is 2. The molecule has 8 aromatic carbocycles. The van der Waals surface area contributed by atoms with E-state index in [1.807, 2.05) is 11.3 Å². The van der Waals surface area contributed by atoms with Crippen molar-refractivity contribution in [2.75, 3.05) is 4.81 Å². The topological polar surface area (TPSA) is 8.17 Å². The molecular weight excluding hydrogens is 800 g/mol. The van der Waals surface area contributed by atoms with Crippen LogP contribution in [0, 0.1) is 6.92 Å². The molecule has 0 fully saturated rings. The van der Waals surface area contributed by atoms with E-state index in [-0.39, 0.29) is 17.7 Å². The highest BCUT2D eigenvalue weighted by molar-refractivity contribution is 7.80. The Morgan fingerprint density at radius 2 is 1.27 bits per heavy atom. The first-order valence-electron chi connectivity index (χ1n) is 22.4. The van der Waals surface area contributed by atoms with E-state index in [1.165, 1.54) is 131 Å². The van der Waals surface area contributed by atoms with Gasteiger partial charge in [0.15, 0.2) is 0 Å². The molecule has 63 heavy (non-hydrogen) atoms. The monoisotopic (exact) mass is 846 g/mol. The first-order chi connectivity index (χ1) is 30.3. The fourth-order valence-corrected chi connectivity index (χ4v) is 12.7. The molecule has 0 bridgehead atoms. The smallest absolute Gasteiger partial charge is 0.333 e. The largest absolute Gasteiger partial charge is 0.376 e. The van der Waals surface area contributed by atoms with Crippen molar-refractivity contribution in [3.8, 4) is 39.1 Å². The third-order valence-corrected chi connectivity index (χ3v) is 16.0. The van der Waals surface area contributed by atoms with E-state index in [1.54, 1.807) is 0 Å². The summed E-state index contributed by atoms with van der Waals surface area (Å²) in [5.74, 6) is 0. The fourth-order valence-electron chi connectivity index (χ4n) is 11.3. The average Bonchev–Trinajstić information content (AvgIpc) is 3.92. The second kappa shape index (κ2) is 12.8. The van der Waals surface area contributed by atoms with Gasteiger partial charge in [0.05, 0.1) is 11.0 Å². The standard InChI is InChI=1S/C58H47BN2S2/c1-32-12-8-9-13-38(32)46-28-45-42-23-22-41-44-27-43-34(24-33-25-36(58(5,6)7)18-21-39(33)43)26-50(44)61(37-19-16-35(17-20-37)57(2,3)4)59-48-29-47-40-14-10-11-15-53(40)63-54(47)31-51(48)60(56(42)55(41)59)49(45)30-52(46)62/h8-23,25-31,62H,24H2,1-7H3. The van der Waals surface area contributed by atoms with Crippen molar-refractivity contribution in [3.63, 3.8) is 0 Å². The van der Waals surface area contributed by atoms with Crippen LogP contribution in [0.2, 0.25) is 0 Å². The van der Waals surface area contributed by atoms with Gasteiger partial charge in [0.2, 0.25) is 0 Å². The molecule has 304 valence electrons. The van der Waals surface area contributed by atoms with Gasteiger partial charge in [-0.05, 0) is 139 Å². The highest BCUT2D eigenvalue weighted by Gasteiger charge is 2.45. The van der Waals surface area contributed by atoms with Crippen LogP contribution in [-0.4, -0.2) is 11.4 Å². The molecule has 2 aromatic heterocycles. The van der Waals surface area contributed by atoms with E-state index in [2.05, 4.69) is 197 Å². The SMILES string of the molecule is Cc1ccccc1-c1cc2c3ccc4c5c3n(c2cc1S)-c1cc2sc3ccccc3c2cc1B5N(c1ccc(C(C)(C)C)cc1)c1cc2c(cc1-4)-c1ccc(C(C)(C)C)cc1C2. The number of benzene rings is 8. The molecule has 0 unspecified atom stereocenters. The summed E-state index contributed by atoms with van der Waals surface area (Å²) in [5.41, 5.74) is 23.7. The third kappa shape index (κ3) is 5.27. The third-order valence-electron chi connectivity index (χ3n) is 14.5. The molecule has 5 heteroatoms. The van der Waals surface area contributed by atoms with Crippen molar-refractivity contribution in [2.24, 2.45) is 0 Å². The van der Waals surface area contributed by atoms with Crippen LogP contribution in [0.15, 0.2) is 144 Å². The molecule has 0 saturated carbocycles. The lowest BCUT2D eigenvalue weighted by molar-refractivity contribution is 0.589. The van der Waals surface area contributed by atoms with Gasteiger partial charge in [-0.25, -0.2) is 0 Å². The summed E-state index contributed by atoms with van der Waals surface area (Å²) in [5, 5.41) is 5.19. The van der Waals surface area contributed by atoms with E-state index >= 15 is 0 Å². The fraction of sp³-hybridized carbons (Fsp3) is 0.172. The highest BCUT2D eigenvalue weighted by atomic mass is 32.1. The van der Waals surface area contributed by atoms with Gasteiger partial charge in [-0.1, -0.05) is 133 Å². The van der Waals surface area contributed by atoms with Gasteiger partial charge in [0.25, 0.3) is 0 Å². The van der Waals surface area contributed by atoms with Gasteiger partial charge < -0.3 is 9.38 Å². The quantitative estimate of drug-likeness (QED) is 0.135. The second-order valence-electron chi connectivity index (χ2n) is 20.4. The molecule has 10 aromatic rings. The van der Waals surface area contributed by atoms with Crippen molar-refractivity contribution >= 4 is 95.1 Å². The number of thiol groups is 1. The number of aryl methyl sites for hydroxylation is 1. The number of rotatable bonds is 2. The number of hydrogen-bond donors (Lipinski definition) is 1. The van der Waals surface area contributed by atoms with Crippen molar-refractivity contribution in [1.29, 1.82) is 0 Å². The molecule has 0 radical (unpaired) electrons. The van der Waals surface area contributed by atoms with Crippen LogP contribution in [0.1, 0.15) is 69.4 Å². The Bertz CT molecular complexity index is 3650. The summed E-state index contributed by atoms with van der Waals surface area (Å²) in [4.78, 5) is 3.70. The molecule has 1 aliphatic carbocycles. The zero-order valence-corrected chi connectivity index (χ0v) is 38.5. The van der Waals surface area contributed by atoms with E-state index in [9.17, 15) is 0 Å². The summed E-state index contributed by atoms with van der Waals surface area (Å²) in [7, 11) is 0. The molecule has 0 atom stereocenters. The molecule has 4 heterocycles. The summed E-state index contributed by atoms with van der Waals surface area (Å²) < 4.78 is 5.24. The number of thiophene rings is 1. The Balaban J connectivity index is 1.16. The van der Waals surface area contributed by atoms with Crippen molar-refractivity contribution < 1.29 is 0 Å². The van der Waals surface area contributed by atoms with E-state index in [0.29, 0.717) is 0 Å². The molecule has 0 amide bonds. The van der Waals surface area contributed by atoms with Crippen molar-refractivity contribution in [2.45, 2.75) is 70.6 Å². The summed E-state index contributed by atoms with van der Waals surface area (Å²) in [6.45, 7) is 16.0. The zero-order valence-electron chi connectivity index (χ0n) is 36.8. The lowest BCUT2D eigenvalue weighted by Gasteiger charge is -2.42. The molecule has 0 spiro atoms. The molecule has 0 saturated heterocycles. The number of aromatic nitrogens is 1. The molecule has 2 aliphatic heterocycles. The Labute approximate surface area is 379 Å². The minimum atomic E-state index is -0.0628.